The fourth-order valence-corrected chi connectivity index (χ4v) is 5.20. The van der Waals surface area contributed by atoms with Gasteiger partial charge in [-0.3, -0.25) is 29.5 Å². The third-order valence-electron chi connectivity index (χ3n) is 8.20. The van der Waals surface area contributed by atoms with Crippen LogP contribution in [0.4, 0.5) is 23.0 Å². The maximum absolute atomic E-state index is 12.2. The van der Waals surface area contributed by atoms with Crippen molar-refractivity contribution in [2.45, 2.75) is 54.6 Å². The van der Waals surface area contributed by atoms with Crippen molar-refractivity contribution in [2.75, 3.05) is 21.3 Å². The maximum Gasteiger partial charge on any atom is 0.231 e. The van der Waals surface area contributed by atoms with Gasteiger partial charge in [0.05, 0.1) is 29.6 Å². The van der Waals surface area contributed by atoms with Crippen LogP contribution in [0.2, 0.25) is 0 Å². The molecule has 0 unspecified atom stereocenters. The third-order valence-corrected chi connectivity index (χ3v) is 8.20. The summed E-state index contributed by atoms with van der Waals surface area (Å²) in [6, 6.07) is 15.1. The summed E-state index contributed by atoms with van der Waals surface area (Å²) in [5.74, 6) is 2.02. The van der Waals surface area contributed by atoms with Crippen LogP contribution in [0.3, 0.4) is 0 Å². The number of carbonyl (C=O) groups is 2. The van der Waals surface area contributed by atoms with Crippen LogP contribution in [0.25, 0.3) is 21.9 Å². The number of aliphatic imine (C=N–C) groups is 2. The molecule has 6 aromatic rings. The van der Waals surface area contributed by atoms with Crippen LogP contribution in [0.1, 0.15) is 64.2 Å². The molecule has 4 aromatic heterocycles. The Kier molecular flexibility index (Phi) is 8.70. The van der Waals surface area contributed by atoms with E-state index in [4.69, 9.17) is 9.05 Å². The van der Waals surface area contributed by atoms with Crippen LogP contribution in [-0.2, 0) is 22.7 Å². The first-order chi connectivity index (χ1) is 24.8. The number of nitrogens with one attached hydrogen (secondary N) is 4. The summed E-state index contributed by atoms with van der Waals surface area (Å²) in [4.78, 5) is 46.2. The van der Waals surface area contributed by atoms with E-state index in [0.717, 1.165) is 50.6 Å². The highest BCUT2D eigenvalue weighted by Gasteiger charge is 2.25. The molecule has 0 fully saturated rings. The Labute approximate surface area is 298 Å². The second kappa shape index (κ2) is 13.3. The van der Waals surface area contributed by atoms with E-state index in [9.17, 15) is 9.59 Å². The molecule has 0 radical (unpaired) electrons. The number of carbonyl (C=O) groups excluding carboxylic acids is 2. The smallest absolute Gasteiger partial charge is 0.231 e. The third kappa shape index (κ3) is 7.06. The lowest BCUT2D eigenvalue weighted by molar-refractivity contribution is -0.123. The van der Waals surface area contributed by atoms with Crippen LogP contribution in [0, 0.1) is 10.8 Å². The van der Waals surface area contributed by atoms with E-state index >= 15 is 0 Å². The first-order valence-electron chi connectivity index (χ1n) is 16.6. The second-order valence-electron chi connectivity index (χ2n) is 14.3. The minimum absolute atomic E-state index is 0.113. The van der Waals surface area contributed by atoms with E-state index < -0.39 is 10.8 Å². The quantitative estimate of drug-likeness (QED) is 0.156. The van der Waals surface area contributed by atoms with E-state index in [-0.39, 0.29) is 11.8 Å². The number of anilines is 4. The molecule has 0 atom stereocenters. The minimum atomic E-state index is -0.512. The summed E-state index contributed by atoms with van der Waals surface area (Å²) >= 11 is 0. The van der Waals surface area contributed by atoms with Gasteiger partial charge in [-0.25, -0.2) is 4.98 Å². The number of rotatable bonds is 4. The van der Waals surface area contributed by atoms with Gasteiger partial charge in [-0.05, 0) is 30.3 Å². The highest BCUT2D eigenvalue weighted by molar-refractivity contribution is 6.11. The zero-order valence-electron chi connectivity index (χ0n) is 29.5. The molecule has 2 aliphatic rings. The summed E-state index contributed by atoms with van der Waals surface area (Å²) < 4.78 is 10.7. The predicted octanol–water partition coefficient (Wildman–Crippen LogP) is 6.55. The minimum Gasteiger partial charge on any atom is -0.354 e. The highest BCUT2D eigenvalue weighted by Crippen LogP contribution is 2.30. The Morgan fingerprint density at radius 2 is 1.15 bits per heavy atom. The molecular formula is C37H37N11O4. The van der Waals surface area contributed by atoms with Crippen LogP contribution >= 0.6 is 0 Å². The van der Waals surface area contributed by atoms with Gasteiger partial charge in [-0.1, -0.05) is 57.9 Å². The molecule has 8 rings (SSSR count). The molecule has 2 amide bonds. The van der Waals surface area contributed by atoms with Gasteiger partial charge < -0.3 is 30.3 Å². The largest absolute Gasteiger partial charge is 0.354 e. The van der Waals surface area contributed by atoms with Gasteiger partial charge >= 0.3 is 0 Å². The van der Waals surface area contributed by atoms with Gasteiger partial charge in [0.1, 0.15) is 11.4 Å². The Balaban J connectivity index is 0.000000162. The van der Waals surface area contributed by atoms with Gasteiger partial charge in [-0.15, -0.1) is 0 Å². The van der Waals surface area contributed by atoms with Crippen LogP contribution in [-0.4, -0.2) is 48.8 Å². The summed E-state index contributed by atoms with van der Waals surface area (Å²) in [7, 11) is 0. The normalized spacial score (nSPS) is 13.4. The highest BCUT2D eigenvalue weighted by atomic mass is 16.5. The van der Waals surface area contributed by atoms with Crippen molar-refractivity contribution < 1.29 is 18.6 Å². The Bertz CT molecular complexity index is 2230. The summed E-state index contributed by atoms with van der Waals surface area (Å²) in [6.45, 7) is 12.2. The van der Waals surface area contributed by atoms with E-state index in [0.29, 0.717) is 41.7 Å². The molecule has 264 valence electrons. The molecule has 0 spiro atoms. The van der Waals surface area contributed by atoms with Gasteiger partial charge in [0.15, 0.2) is 34.5 Å². The summed E-state index contributed by atoms with van der Waals surface area (Å²) in [6.07, 6.45) is 5.06. The summed E-state index contributed by atoms with van der Waals surface area (Å²) in [5, 5.41) is 21.6. The van der Waals surface area contributed by atoms with Crippen LogP contribution < -0.4 is 21.3 Å². The second-order valence-corrected chi connectivity index (χ2v) is 14.3. The van der Waals surface area contributed by atoms with Crippen molar-refractivity contribution in [1.29, 1.82) is 0 Å². The average molecular weight is 700 g/mol. The molecule has 2 aliphatic heterocycles. The molecule has 15 heteroatoms. The van der Waals surface area contributed by atoms with Gasteiger partial charge in [0.25, 0.3) is 0 Å². The standard InChI is InChI=1S/C19H19N5O2.C18H18N6O2/c1-19(2,3)18(25)23-16-13-7-6-12(9-14(13)26-24-16)22-17-15-11(10-21-17)5-4-8-20-15;1-18(2,3)17(25)23-15-11-5-4-10(8-13(11)26-24-15)22-16-14-12(9-21-16)19-6-7-20-14/h4-9H,10H2,1-3H3,(H,21,22)(H,23,24,25);4-8H,9H2,1-3H3,(H,21,22)(H,23,24,25). The number of benzene rings is 2. The average Bonchev–Trinajstić information content (AvgIpc) is 3.91. The van der Waals surface area contributed by atoms with E-state index in [2.05, 4.69) is 56.5 Å². The summed E-state index contributed by atoms with van der Waals surface area (Å²) in [5.41, 5.74) is 5.31. The molecule has 0 aliphatic carbocycles. The number of pyridine rings is 1. The molecule has 2 aromatic carbocycles. The number of amides is 2. The molecule has 0 saturated carbocycles. The van der Waals surface area contributed by atoms with Crippen molar-refractivity contribution in [2.24, 2.45) is 20.8 Å². The number of aromatic nitrogens is 5. The van der Waals surface area contributed by atoms with Crippen molar-refractivity contribution in [1.82, 2.24) is 25.3 Å². The van der Waals surface area contributed by atoms with Gasteiger partial charge in [-0.2, -0.15) is 0 Å². The molecule has 0 bridgehead atoms. The predicted molar refractivity (Wildman–Crippen MR) is 198 cm³/mol. The van der Waals surface area contributed by atoms with E-state index in [1.807, 2.05) is 90.1 Å². The van der Waals surface area contributed by atoms with E-state index in [1.54, 1.807) is 18.6 Å². The Morgan fingerprint density at radius 1 is 0.635 bits per heavy atom. The SMILES string of the molecule is CC(C)(C)C(=O)Nc1noc2cc(NC3=NCc4cccnc43)ccc12.CC(C)(C)C(=O)Nc1noc2cc(NC3=NCc4nccnc43)ccc12. The Morgan fingerprint density at radius 3 is 1.73 bits per heavy atom. The topological polar surface area (TPSA) is 198 Å². The number of amidine groups is 2. The van der Waals surface area contributed by atoms with Crippen molar-refractivity contribution in [3.05, 3.63) is 89.8 Å². The number of hydrogen-bond acceptors (Lipinski definition) is 13. The van der Waals surface area contributed by atoms with Crippen LogP contribution in [0.15, 0.2) is 86.2 Å². The van der Waals surface area contributed by atoms with Crippen molar-refractivity contribution in [3.63, 3.8) is 0 Å². The van der Waals surface area contributed by atoms with Gasteiger partial charge in [0.2, 0.25) is 11.8 Å². The first-order valence-corrected chi connectivity index (χ1v) is 16.6. The van der Waals surface area contributed by atoms with Crippen molar-refractivity contribution in [3.8, 4) is 0 Å². The molecular weight excluding hydrogens is 662 g/mol. The molecule has 4 N–H and O–H groups in total. The van der Waals surface area contributed by atoms with Crippen LogP contribution in [0.5, 0.6) is 0 Å². The molecule has 15 nitrogen and oxygen atoms in total. The van der Waals surface area contributed by atoms with Gasteiger partial charge in [0, 0.05) is 58.5 Å². The fourth-order valence-electron chi connectivity index (χ4n) is 5.20. The Hall–Kier alpha value is -6.51. The molecule has 6 heterocycles. The lowest BCUT2D eigenvalue weighted by Gasteiger charge is -2.16. The maximum atomic E-state index is 12.2. The monoisotopic (exact) mass is 699 g/mol. The lowest BCUT2D eigenvalue weighted by atomic mass is 9.96. The number of fused-ring (bicyclic) bond motifs is 4. The lowest BCUT2D eigenvalue weighted by Crippen LogP contribution is -2.27. The van der Waals surface area contributed by atoms with E-state index in [1.165, 1.54) is 0 Å². The number of hydrogen-bond donors (Lipinski definition) is 4. The van der Waals surface area contributed by atoms with Crippen molar-refractivity contribution >= 4 is 68.4 Å². The first kappa shape index (κ1) is 34.0. The zero-order valence-corrected chi connectivity index (χ0v) is 29.5. The molecule has 0 saturated heterocycles. The number of nitrogens with zero attached hydrogens (tertiary/aromatic N) is 7. The fraction of sp³-hybridized carbons (Fsp3) is 0.270. The zero-order chi connectivity index (χ0) is 36.6. The molecule has 52 heavy (non-hydrogen) atoms.